The molecule has 1 rings (SSSR count). The van der Waals surface area contributed by atoms with Crippen LogP contribution in [-0.2, 0) is 4.79 Å². The van der Waals surface area contributed by atoms with Crippen molar-refractivity contribution >= 4 is 5.97 Å². The Morgan fingerprint density at radius 2 is 1.92 bits per heavy atom. The SMILES string of the molecule is CC(CC(F)(F)F)(C(=O)O)C1CC1. The molecule has 0 spiro atoms. The summed E-state index contributed by atoms with van der Waals surface area (Å²) >= 11 is 0. The number of carboxylic acids is 1. The van der Waals surface area contributed by atoms with E-state index in [1.807, 2.05) is 0 Å². The van der Waals surface area contributed by atoms with Gasteiger partial charge < -0.3 is 5.11 Å². The van der Waals surface area contributed by atoms with Crippen LogP contribution in [0.3, 0.4) is 0 Å². The Morgan fingerprint density at radius 1 is 1.46 bits per heavy atom. The maximum Gasteiger partial charge on any atom is 0.390 e. The van der Waals surface area contributed by atoms with Crippen LogP contribution in [0.15, 0.2) is 0 Å². The highest BCUT2D eigenvalue weighted by molar-refractivity contribution is 5.75. The van der Waals surface area contributed by atoms with Crippen molar-refractivity contribution in [3.05, 3.63) is 0 Å². The van der Waals surface area contributed by atoms with E-state index >= 15 is 0 Å². The lowest BCUT2D eigenvalue weighted by Crippen LogP contribution is -2.35. The minimum Gasteiger partial charge on any atom is -0.481 e. The van der Waals surface area contributed by atoms with E-state index < -0.39 is 24.0 Å². The minimum atomic E-state index is -4.39. The molecule has 0 amide bonds. The van der Waals surface area contributed by atoms with Crippen LogP contribution in [-0.4, -0.2) is 17.3 Å². The van der Waals surface area contributed by atoms with Crippen molar-refractivity contribution in [2.24, 2.45) is 11.3 Å². The van der Waals surface area contributed by atoms with Gasteiger partial charge in [0, 0.05) is 0 Å². The quantitative estimate of drug-likeness (QED) is 0.752. The third kappa shape index (κ3) is 2.35. The number of hydrogen-bond acceptors (Lipinski definition) is 1. The second kappa shape index (κ2) is 2.89. The normalized spacial score (nSPS) is 22.5. The van der Waals surface area contributed by atoms with Gasteiger partial charge in [-0.15, -0.1) is 0 Å². The standard InChI is InChI=1S/C8H11F3O2/c1-7(6(12)13,5-2-3-5)4-8(9,10)11/h5H,2-4H2,1H3,(H,12,13). The van der Waals surface area contributed by atoms with Gasteiger partial charge in [-0.05, 0) is 25.7 Å². The molecule has 0 aliphatic heterocycles. The van der Waals surface area contributed by atoms with Crippen LogP contribution in [0.25, 0.3) is 0 Å². The zero-order valence-corrected chi connectivity index (χ0v) is 7.19. The summed E-state index contributed by atoms with van der Waals surface area (Å²) in [5.74, 6) is -1.64. The van der Waals surface area contributed by atoms with Crippen molar-refractivity contribution in [3.8, 4) is 0 Å². The van der Waals surface area contributed by atoms with E-state index in [1.54, 1.807) is 0 Å². The van der Waals surface area contributed by atoms with E-state index in [1.165, 1.54) is 6.92 Å². The summed E-state index contributed by atoms with van der Waals surface area (Å²) in [5.41, 5.74) is -1.61. The highest BCUT2D eigenvalue weighted by Gasteiger charge is 2.53. The zero-order valence-electron chi connectivity index (χ0n) is 7.19. The van der Waals surface area contributed by atoms with Crippen LogP contribution in [0.5, 0.6) is 0 Å². The molecule has 0 saturated heterocycles. The lowest BCUT2D eigenvalue weighted by atomic mass is 9.81. The molecular formula is C8H11F3O2. The highest BCUT2D eigenvalue weighted by atomic mass is 19.4. The first-order valence-electron chi connectivity index (χ1n) is 4.06. The number of carbonyl (C=O) groups is 1. The molecule has 0 aromatic carbocycles. The fourth-order valence-corrected chi connectivity index (χ4v) is 1.53. The minimum absolute atomic E-state index is 0.299. The fraction of sp³-hybridized carbons (Fsp3) is 0.875. The van der Waals surface area contributed by atoms with Crippen LogP contribution in [0.4, 0.5) is 13.2 Å². The molecule has 0 aromatic rings. The van der Waals surface area contributed by atoms with Gasteiger partial charge in [-0.1, -0.05) is 0 Å². The Hall–Kier alpha value is -0.740. The molecule has 13 heavy (non-hydrogen) atoms. The van der Waals surface area contributed by atoms with Crippen LogP contribution >= 0.6 is 0 Å². The van der Waals surface area contributed by atoms with Gasteiger partial charge in [0.2, 0.25) is 0 Å². The topological polar surface area (TPSA) is 37.3 Å². The van der Waals surface area contributed by atoms with Gasteiger partial charge in [-0.3, -0.25) is 4.79 Å². The number of rotatable bonds is 3. The number of aliphatic carboxylic acids is 1. The molecule has 1 aliphatic rings. The number of hydrogen-bond donors (Lipinski definition) is 1. The number of alkyl halides is 3. The largest absolute Gasteiger partial charge is 0.481 e. The number of halogens is 3. The molecule has 1 fully saturated rings. The smallest absolute Gasteiger partial charge is 0.390 e. The molecule has 1 saturated carbocycles. The van der Waals surface area contributed by atoms with Crippen LogP contribution in [0.1, 0.15) is 26.2 Å². The van der Waals surface area contributed by atoms with Crippen molar-refractivity contribution in [2.45, 2.75) is 32.4 Å². The van der Waals surface area contributed by atoms with Gasteiger partial charge in [0.15, 0.2) is 0 Å². The summed E-state index contributed by atoms with van der Waals surface area (Å²) in [6.07, 6.45) is -4.42. The molecule has 5 heteroatoms. The molecular weight excluding hydrogens is 185 g/mol. The van der Waals surface area contributed by atoms with Crippen LogP contribution < -0.4 is 0 Å². The molecule has 0 heterocycles. The first kappa shape index (κ1) is 10.3. The van der Waals surface area contributed by atoms with Gasteiger partial charge in [-0.2, -0.15) is 13.2 Å². The Bertz CT molecular complexity index is 220. The fourth-order valence-electron chi connectivity index (χ4n) is 1.53. The van der Waals surface area contributed by atoms with E-state index in [-0.39, 0.29) is 5.92 Å². The second-order valence-electron chi connectivity index (χ2n) is 3.79. The average molecular weight is 196 g/mol. The maximum atomic E-state index is 12.0. The monoisotopic (exact) mass is 196 g/mol. The Kier molecular flexibility index (Phi) is 2.30. The third-order valence-electron chi connectivity index (χ3n) is 2.53. The number of carboxylic acid groups (broad SMARTS) is 1. The summed E-state index contributed by atoms with van der Waals surface area (Å²) in [5, 5.41) is 8.71. The lowest BCUT2D eigenvalue weighted by Gasteiger charge is -2.25. The van der Waals surface area contributed by atoms with E-state index in [4.69, 9.17) is 5.11 Å². The molecule has 2 nitrogen and oxygen atoms in total. The molecule has 1 aliphatic carbocycles. The van der Waals surface area contributed by atoms with E-state index in [9.17, 15) is 18.0 Å². The first-order chi connectivity index (χ1) is 5.76. The van der Waals surface area contributed by atoms with Crippen LogP contribution in [0.2, 0.25) is 0 Å². The van der Waals surface area contributed by atoms with Crippen molar-refractivity contribution in [1.82, 2.24) is 0 Å². The molecule has 0 aromatic heterocycles. The van der Waals surface area contributed by atoms with Gasteiger partial charge >= 0.3 is 12.1 Å². The molecule has 1 N–H and O–H groups in total. The molecule has 0 radical (unpaired) electrons. The third-order valence-corrected chi connectivity index (χ3v) is 2.53. The van der Waals surface area contributed by atoms with Crippen molar-refractivity contribution in [1.29, 1.82) is 0 Å². The van der Waals surface area contributed by atoms with E-state index in [0.717, 1.165) is 0 Å². The van der Waals surface area contributed by atoms with Gasteiger partial charge in [0.05, 0.1) is 11.8 Å². The summed E-state index contributed by atoms with van der Waals surface area (Å²) < 4.78 is 36.1. The maximum absolute atomic E-state index is 12.0. The van der Waals surface area contributed by atoms with Gasteiger partial charge in [0.25, 0.3) is 0 Å². The Morgan fingerprint density at radius 3 is 2.15 bits per heavy atom. The Labute approximate surface area is 73.7 Å². The zero-order chi connectivity index (χ0) is 10.3. The molecule has 0 bridgehead atoms. The average Bonchev–Trinajstić information content (AvgIpc) is 2.62. The lowest BCUT2D eigenvalue weighted by molar-refractivity contribution is -0.179. The van der Waals surface area contributed by atoms with E-state index in [2.05, 4.69) is 0 Å². The van der Waals surface area contributed by atoms with Crippen molar-refractivity contribution in [2.75, 3.05) is 0 Å². The summed E-state index contributed by atoms with van der Waals surface area (Å²) in [6, 6.07) is 0. The summed E-state index contributed by atoms with van der Waals surface area (Å²) in [6.45, 7) is 1.18. The first-order valence-corrected chi connectivity index (χ1v) is 4.06. The highest BCUT2D eigenvalue weighted by Crippen LogP contribution is 2.50. The van der Waals surface area contributed by atoms with Crippen molar-refractivity contribution < 1.29 is 23.1 Å². The molecule has 1 unspecified atom stereocenters. The summed E-state index contributed by atoms with van der Waals surface area (Å²) in [4.78, 5) is 10.7. The van der Waals surface area contributed by atoms with E-state index in [0.29, 0.717) is 12.8 Å². The summed E-state index contributed by atoms with van der Waals surface area (Å²) in [7, 11) is 0. The predicted octanol–water partition coefficient (Wildman–Crippen LogP) is 2.44. The second-order valence-corrected chi connectivity index (χ2v) is 3.79. The van der Waals surface area contributed by atoms with Gasteiger partial charge in [0.1, 0.15) is 0 Å². The Balaban J connectivity index is 2.73. The van der Waals surface area contributed by atoms with Crippen LogP contribution in [0, 0.1) is 11.3 Å². The molecule has 76 valence electrons. The molecule has 1 atom stereocenters. The predicted molar refractivity (Wildman–Crippen MR) is 39.1 cm³/mol. The van der Waals surface area contributed by atoms with Crippen molar-refractivity contribution in [3.63, 3.8) is 0 Å². The van der Waals surface area contributed by atoms with Gasteiger partial charge in [-0.25, -0.2) is 0 Å².